The molecule has 0 radical (unpaired) electrons. The van der Waals surface area contributed by atoms with E-state index in [1.165, 1.54) is 8.88 Å². The molecule has 0 spiro atoms. The molecule has 0 aromatic rings. The van der Waals surface area contributed by atoms with Gasteiger partial charge in [-0.2, -0.15) is 0 Å². The van der Waals surface area contributed by atoms with Crippen molar-refractivity contribution in [3.05, 3.63) is 0 Å². The van der Waals surface area contributed by atoms with E-state index in [0.29, 0.717) is 0 Å². The lowest BCUT2D eigenvalue weighted by Crippen LogP contribution is -2.40. The zero-order valence-corrected chi connectivity index (χ0v) is 11.9. The van der Waals surface area contributed by atoms with Crippen molar-refractivity contribution in [2.45, 2.75) is 51.0 Å². The second-order valence-corrected chi connectivity index (χ2v) is 13.7. The fourth-order valence-electron chi connectivity index (χ4n) is 1.12. The predicted octanol–water partition coefficient (Wildman–Crippen LogP) is 2.66. The monoisotopic (exact) mass is 242 g/mol. The predicted molar refractivity (Wildman–Crippen MR) is 69.0 cm³/mol. The van der Waals surface area contributed by atoms with Gasteiger partial charge in [0.05, 0.1) is 0 Å². The highest BCUT2D eigenvalue weighted by Crippen LogP contribution is 2.29. The molecular formula is C8H18S4. The van der Waals surface area contributed by atoms with Crippen LogP contribution in [0.1, 0.15) is 41.5 Å². The van der Waals surface area contributed by atoms with Crippen LogP contribution < -0.4 is 0 Å². The molecule has 12 heavy (non-hydrogen) atoms. The zero-order valence-electron chi connectivity index (χ0n) is 8.63. The third-order valence-electron chi connectivity index (χ3n) is 1.71. The fraction of sp³-hybridized carbons (Fsp3) is 1.00. The zero-order chi connectivity index (χ0) is 10.2. The van der Waals surface area contributed by atoms with E-state index in [-0.39, 0.29) is 9.49 Å². The molecular weight excluding hydrogens is 224 g/mol. The summed E-state index contributed by atoms with van der Waals surface area (Å²) in [6, 6.07) is 0. The summed E-state index contributed by atoms with van der Waals surface area (Å²) in [5.41, 5.74) is 0. The Hall–Kier alpha value is 1.01. The van der Waals surface area contributed by atoms with Gasteiger partial charge in [0.25, 0.3) is 0 Å². The van der Waals surface area contributed by atoms with Gasteiger partial charge in [-0.25, -0.2) is 0 Å². The summed E-state index contributed by atoms with van der Waals surface area (Å²) in [7, 11) is 0.273. The molecule has 74 valence electrons. The molecule has 0 aliphatic carbocycles. The van der Waals surface area contributed by atoms with Crippen molar-refractivity contribution >= 4 is 38.4 Å². The van der Waals surface area contributed by atoms with Crippen molar-refractivity contribution in [3.8, 4) is 0 Å². The molecule has 0 nitrogen and oxygen atoms in total. The van der Waals surface area contributed by atoms with Gasteiger partial charge in [-0.1, -0.05) is 48.7 Å². The van der Waals surface area contributed by atoms with Crippen LogP contribution >= 0.6 is 0 Å². The summed E-state index contributed by atoms with van der Waals surface area (Å²) in [6.45, 7) is 13.2. The maximum Gasteiger partial charge on any atom is 0.0168 e. The average molecular weight is 242 g/mol. The Labute approximate surface area is 89.1 Å². The Morgan fingerprint density at radius 2 is 1.17 bits per heavy atom. The van der Waals surface area contributed by atoms with Crippen LogP contribution in [0.15, 0.2) is 0 Å². The van der Waals surface area contributed by atoms with Crippen molar-refractivity contribution < 1.29 is 0 Å². The van der Waals surface area contributed by atoms with Crippen LogP contribution in [0.25, 0.3) is 0 Å². The quantitative estimate of drug-likeness (QED) is 0.640. The standard InChI is InChI=1S/C8H18S4/c1-7(2,3)12(10,11-9)8(4,5)6/h1-6H3. The smallest absolute Gasteiger partial charge is 0.0168 e. The lowest BCUT2D eigenvalue weighted by atomic mass is 10.2. The minimum absolute atomic E-state index is 0.146. The molecule has 4 heteroatoms. The summed E-state index contributed by atoms with van der Waals surface area (Å²) in [6.07, 6.45) is 0. The molecule has 0 saturated heterocycles. The van der Waals surface area contributed by atoms with Gasteiger partial charge in [0, 0.05) is 9.49 Å². The van der Waals surface area contributed by atoms with Gasteiger partial charge in [-0.3, -0.25) is 0 Å². The van der Waals surface area contributed by atoms with Crippen molar-refractivity contribution in [1.29, 1.82) is 0 Å². The third-order valence-corrected chi connectivity index (χ3v) is 14.9. The molecule has 0 aliphatic rings. The Morgan fingerprint density at radius 1 is 0.917 bits per heavy atom. The molecule has 0 rings (SSSR count). The van der Waals surface area contributed by atoms with Gasteiger partial charge in [0.2, 0.25) is 0 Å². The molecule has 0 fully saturated rings. The van der Waals surface area contributed by atoms with Crippen molar-refractivity contribution in [2.24, 2.45) is 0 Å². The lowest BCUT2D eigenvalue weighted by molar-refractivity contribution is 0.732. The highest BCUT2D eigenvalue weighted by Gasteiger charge is 2.32. The first kappa shape index (κ1) is 13.0. The van der Waals surface area contributed by atoms with Crippen molar-refractivity contribution in [2.75, 3.05) is 0 Å². The van der Waals surface area contributed by atoms with E-state index in [1.807, 2.05) is 0 Å². The number of hydrogen-bond acceptors (Lipinski definition) is 2. The first-order valence-corrected chi connectivity index (χ1v) is 8.72. The molecule has 0 amide bonds. The average Bonchev–Trinajstić information content (AvgIpc) is 1.81. The SMILES string of the molecule is CC(C)(C)S(=S)(=S=S)C(C)(C)C. The van der Waals surface area contributed by atoms with Gasteiger partial charge in [0.1, 0.15) is 0 Å². The summed E-state index contributed by atoms with van der Waals surface area (Å²) in [5.74, 6) is 0. The highest BCUT2D eigenvalue weighted by molar-refractivity contribution is 8.67. The van der Waals surface area contributed by atoms with E-state index >= 15 is 0 Å². The lowest BCUT2D eigenvalue weighted by Gasteiger charge is -2.37. The van der Waals surface area contributed by atoms with E-state index in [1.54, 1.807) is 0 Å². The van der Waals surface area contributed by atoms with Crippen molar-refractivity contribution in [3.63, 3.8) is 0 Å². The van der Waals surface area contributed by atoms with Crippen LogP contribution in [0.4, 0.5) is 0 Å². The third kappa shape index (κ3) is 2.28. The first-order valence-electron chi connectivity index (χ1n) is 3.91. The van der Waals surface area contributed by atoms with Crippen LogP contribution in [-0.4, -0.2) is 9.49 Å². The van der Waals surface area contributed by atoms with E-state index in [0.717, 1.165) is 0 Å². The molecule has 0 N–H and O–H groups in total. The van der Waals surface area contributed by atoms with Crippen LogP contribution in [0.5, 0.6) is 0 Å². The van der Waals surface area contributed by atoms with Gasteiger partial charge in [-0.15, -0.1) is 0 Å². The molecule has 0 aromatic carbocycles. The Balaban J connectivity index is 5.63. The van der Waals surface area contributed by atoms with E-state index in [2.05, 4.69) is 41.5 Å². The second kappa shape index (κ2) is 3.64. The second-order valence-electron chi connectivity index (χ2n) is 4.80. The Bertz CT molecular complexity index is 268. The van der Waals surface area contributed by atoms with Gasteiger partial charge in [0.15, 0.2) is 0 Å². The normalized spacial score (nSPS) is 14.5. The number of rotatable bonds is 0. The molecule has 0 bridgehead atoms. The largest absolute Gasteiger partial charge is 0.0792 e. The minimum atomic E-state index is -1.19. The first-order chi connectivity index (χ1) is 5.06. The van der Waals surface area contributed by atoms with Gasteiger partial charge >= 0.3 is 0 Å². The Kier molecular flexibility index (Phi) is 3.94. The summed E-state index contributed by atoms with van der Waals surface area (Å²) in [5, 5.41) is 0. The van der Waals surface area contributed by atoms with Crippen molar-refractivity contribution in [1.82, 2.24) is 0 Å². The van der Waals surface area contributed by atoms with E-state index < -0.39 is 7.15 Å². The topological polar surface area (TPSA) is 0 Å². The van der Waals surface area contributed by atoms with Gasteiger partial charge in [-0.05, 0) is 31.3 Å². The molecule has 0 unspecified atom stereocenters. The minimum Gasteiger partial charge on any atom is -0.0792 e. The van der Waals surface area contributed by atoms with Crippen LogP contribution in [0, 0.1) is 0 Å². The maximum atomic E-state index is 5.72. The maximum absolute atomic E-state index is 5.72. The summed E-state index contributed by atoms with van der Waals surface area (Å²) < 4.78 is 0.292. The van der Waals surface area contributed by atoms with Crippen LogP contribution in [0.2, 0.25) is 0 Å². The Morgan fingerprint density at radius 3 is 1.17 bits per heavy atom. The highest BCUT2D eigenvalue weighted by atomic mass is 33.2. The summed E-state index contributed by atoms with van der Waals surface area (Å²) >= 11 is 10.9. The summed E-state index contributed by atoms with van der Waals surface area (Å²) in [4.78, 5) is 0. The molecule has 0 atom stereocenters. The fourth-order valence-corrected chi connectivity index (χ4v) is 8.27. The van der Waals surface area contributed by atoms with Crippen LogP contribution in [0.3, 0.4) is 0 Å². The molecule has 0 saturated carbocycles. The van der Waals surface area contributed by atoms with E-state index in [4.69, 9.17) is 22.4 Å². The number of hydrogen-bond donors (Lipinski definition) is 0. The van der Waals surface area contributed by atoms with Crippen LogP contribution in [-0.2, 0) is 38.4 Å². The molecule has 0 aliphatic heterocycles. The molecule has 0 aromatic heterocycles. The van der Waals surface area contributed by atoms with E-state index in [9.17, 15) is 0 Å². The van der Waals surface area contributed by atoms with Gasteiger partial charge < -0.3 is 0 Å². The molecule has 0 heterocycles.